The van der Waals surface area contributed by atoms with Crippen molar-refractivity contribution in [3.63, 3.8) is 0 Å². The van der Waals surface area contributed by atoms with Crippen molar-refractivity contribution in [3.8, 4) is 0 Å². The summed E-state index contributed by atoms with van der Waals surface area (Å²) in [5, 5.41) is 6.49. The zero-order valence-corrected chi connectivity index (χ0v) is 16.9. The standard InChI is InChI=1S/C22H21ClFN5O/c23-17-6-2-1-5-16(17)21(30)26-15-10-13-29(14-11-15)22-25-12-9-20(28-22)27-19-8-4-3-7-18(19)24/h1-9,12,15H,10-11,13-14H2,(H,26,30)(H,25,27,28). The first kappa shape index (κ1) is 20.1. The van der Waals surface area contributed by atoms with Crippen LogP contribution in [-0.2, 0) is 0 Å². The van der Waals surface area contributed by atoms with Gasteiger partial charge in [-0.2, -0.15) is 4.98 Å². The molecule has 2 N–H and O–H groups in total. The van der Waals surface area contributed by atoms with Gasteiger partial charge in [0.05, 0.1) is 16.3 Å². The van der Waals surface area contributed by atoms with Crippen LogP contribution in [0.3, 0.4) is 0 Å². The van der Waals surface area contributed by atoms with Crippen molar-refractivity contribution in [2.24, 2.45) is 0 Å². The van der Waals surface area contributed by atoms with Gasteiger partial charge in [-0.25, -0.2) is 9.37 Å². The molecular weight excluding hydrogens is 405 g/mol. The predicted octanol–water partition coefficient (Wildman–Crippen LogP) is 4.41. The molecule has 30 heavy (non-hydrogen) atoms. The zero-order valence-electron chi connectivity index (χ0n) is 16.2. The van der Waals surface area contributed by atoms with E-state index in [1.54, 1.807) is 54.7 Å². The highest BCUT2D eigenvalue weighted by Gasteiger charge is 2.23. The predicted molar refractivity (Wildman–Crippen MR) is 116 cm³/mol. The monoisotopic (exact) mass is 425 g/mol. The summed E-state index contributed by atoms with van der Waals surface area (Å²) < 4.78 is 13.9. The van der Waals surface area contributed by atoms with Crippen LogP contribution in [0, 0.1) is 5.82 Å². The number of para-hydroxylation sites is 1. The van der Waals surface area contributed by atoms with Gasteiger partial charge in [0.25, 0.3) is 5.91 Å². The molecule has 1 fully saturated rings. The van der Waals surface area contributed by atoms with Crippen LogP contribution in [-0.4, -0.2) is 35.0 Å². The highest BCUT2D eigenvalue weighted by Crippen LogP contribution is 2.22. The summed E-state index contributed by atoms with van der Waals surface area (Å²) in [6.07, 6.45) is 3.19. The van der Waals surface area contributed by atoms with E-state index in [0.29, 0.717) is 41.1 Å². The van der Waals surface area contributed by atoms with Gasteiger partial charge in [0.1, 0.15) is 11.6 Å². The van der Waals surface area contributed by atoms with E-state index in [1.807, 2.05) is 0 Å². The molecular formula is C22H21ClFN5O. The Balaban J connectivity index is 1.36. The van der Waals surface area contributed by atoms with Crippen molar-refractivity contribution >= 4 is 35.0 Å². The number of rotatable bonds is 5. The number of hydrogen-bond donors (Lipinski definition) is 2. The zero-order chi connectivity index (χ0) is 20.9. The maximum absolute atomic E-state index is 13.9. The Kier molecular flexibility index (Phi) is 6.09. The fourth-order valence-corrected chi connectivity index (χ4v) is 3.62. The summed E-state index contributed by atoms with van der Waals surface area (Å²) in [6, 6.07) is 15.2. The minimum atomic E-state index is -0.340. The lowest BCUT2D eigenvalue weighted by Gasteiger charge is -2.32. The fraction of sp³-hybridized carbons (Fsp3) is 0.227. The van der Waals surface area contributed by atoms with Crippen LogP contribution in [0.1, 0.15) is 23.2 Å². The van der Waals surface area contributed by atoms with E-state index >= 15 is 0 Å². The van der Waals surface area contributed by atoms with Gasteiger partial charge in [0.2, 0.25) is 5.95 Å². The summed E-state index contributed by atoms with van der Waals surface area (Å²) in [5.41, 5.74) is 0.847. The van der Waals surface area contributed by atoms with Crippen LogP contribution in [0.2, 0.25) is 5.02 Å². The molecule has 0 spiro atoms. The molecule has 1 saturated heterocycles. The van der Waals surface area contributed by atoms with Crippen molar-refractivity contribution < 1.29 is 9.18 Å². The lowest BCUT2D eigenvalue weighted by Crippen LogP contribution is -2.45. The van der Waals surface area contributed by atoms with Crippen LogP contribution in [0.5, 0.6) is 0 Å². The third-order valence-electron chi connectivity index (χ3n) is 5.01. The van der Waals surface area contributed by atoms with Crippen LogP contribution in [0.15, 0.2) is 60.8 Å². The van der Waals surface area contributed by atoms with Crippen LogP contribution < -0.4 is 15.5 Å². The number of nitrogens with one attached hydrogen (secondary N) is 2. The first-order valence-electron chi connectivity index (χ1n) is 9.75. The largest absolute Gasteiger partial charge is 0.349 e. The second kappa shape index (κ2) is 9.09. The van der Waals surface area contributed by atoms with Gasteiger partial charge >= 0.3 is 0 Å². The normalized spacial score (nSPS) is 14.4. The summed E-state index contributed by atoms with van der Waals surface area (Å²) >= 11 is 6.11. The summed E-state index contributed by atoms with van der Waals surface area (Å²) in [5.74, 6) is 0.602. The van der Waals surface area contributed by atoms with E-state index in [2.05, 4.69) is 25.5 Å². The number of halogens is 2. The van der Waals surface area contributed by atoms with Crippen molar-refractivity contribution in [1.82, 2.24) is 15.3 Å². The van der Waals surface area contributed by atoms with Crippen LogP contribution >= 0.6 is 11.6 Å². The number of carbonyl (C=O) groups excluding carboxylic acids is 1. The highest BCUT2D eigenvalue weighted by molar-refractivity contribution is 6.33. The SMILES string of the molecule is O=C(NC1CCN(c2nccc(Nc3ccccc3F)n2)CC1)c1ccccc1Cl. The Morgan fingerprint density at radius 1 is 1.07 bits per heavy atom. The van der Waals surface area contributed by atoms with Crippen molar-refractivity contribution in [2.45, 2.75) is 18.9 Å². The van der Waals surface area contributed by atoms with Gasteiger partial charge in [0, 0.05) is 25.3 Å². The van der Waals surface area contributed by atoms with E-state index in [9.17, 15) is 9.18 Å². The molecule has 3 aromatic rings. The van der Waals surface area contributed by atoms with Crippen LogP contribution in [0.25, 0.3) is 0 Å². The van der Waals surface area contributed by atoms with Gasteiger partial charge < -0.3 is 15.5 Å². The maximum atomic E-state index is 13.9. The molecule has 2 aromatic carbocycles. The molecule has 2 heterocycles. The number of piperidine rings is 1. The number of hydrogen-bond acceptors (Lipinski definition) is 5. The van der Waals surface area contributed by atoms with Crippen molar-refractivity contribution in [3.05, 3.63) is 77.2 Å². The van der Waals surface area contributed by atoms with Gasteiger partial charge in [-0.05, 0) is 43.2 Å². The molecule has 1 amide bonds. The maximum Gasteiger partial charge on any atom is 0.253 e. The number of aromatic nitrogens is 2. The van der Waals surface area contributed by atoms with E-state index in [4.69, 9.17) is 11.6 Å². The minimum absolute atomic E-state index is 0.0599. The first-order chi connectivity index (χ1) is 14.6. The average Bonchev–Trinajstić information content (AvgIpc) is 2.76. The quantitative estimate of drug-likeness (QED) is 0.633. The lowest BCUT2D eigenvalue weighted by molar-refractivity contribution is 0.0931. The second-order valence-electron chi connectivity index (χ2n) is 7.06. The van der Waals surface area contributed by atoms with Gasteiger partial charge in [-0.1, -0.05) is 35.9 Å². The number of benzene rings is 2. The minimum Gasteiger partial charge on any atom is -0.349 e. The summed E-state index contributed by atoms with van der Waals surface area (Å²) in [6.45, 7) is 1.41. The smallest absolute Gasteiger partial charge is 0.253 e. The number of carbonyl (C=O) groups is 1. The average molecular weight is 426 g/mol. The Bertz CT molecular complexity index is 1040. The molecule has 0 radical (unpaired) electrons. The Morgan fingerprint density at radius 2 is 1.80 bits per heavy atom. The fourth-order valence-electron chi connectivity index (χ4n) is 3.40. The molecule has 1 aliphatic rings. The highest BCUT2D eigenvalue weighted by atomic mass is 35.5. The third-order valence-corrected chi connectivity index (χ3v) is 5.34. The third kappa shape index (κ3) is 4.68. The molecule has 154 valence electrons. The molecule has 1 aromatic heterocycles. The van der Waals surface area contributed by atoms with E-state index < -0.39 is 0 Å². The topological polar surface area (TPSA) is 70.2 Å². The molecule has 0 atom stereocenters. The number of anilines is 3. The molecule has 8 heteroatoms. The molecule has 6 nitrogen and oxygen atoms in total. The molecule has 0 saturated carbocycles. The molecule has 0 bridgehead atoms. The second-order valence-corrected chi connectivity index (χ2v) is 7.47. The Morgan fingerprint density at radius 3 is 2.57 bits per heavy atom. The van der Waals surface area contributed by atoms with Crippen molar-refractivity contribution in [1.29, 1.82) is 0 Å². The van der Waals surface area contributed by atoms with E-state index in [-0.39, 0.29) is 17.8 Å². The number of nitrogens with zero attached hydrogens (tertiary/aromatic N) is 3. The van der Waals surface area contributed by atoms with Crippen molar-refractivity contribution in [2.75, 3.05) is 23.3 Å². The lowest BCUT2D eigenvalue weighted by atomic mass is 10.0. The molecule has 4 rings (SSSR count). The van der Waals surface area contributed by atoms with E-state index in [1.165, 1.54) is 6.07 Å². The number of amides is 1. The van der Waals surface area contributed by atoms with Gasteiger partial charge in [-0.15, -0.1) is 0 Å². The van der Waals surface area contributed by atoms with Gasteiger partial charge in [-0.3, -0.25) is 4.79 Å². The summed E-state index contributed by atoms with van der Waals surface area (Å²) in [7, 11) is 0. The van der Waals surface area contributed by atoms with Crippen LogP contribution in [0.4, 0.5) is 21.8 Å². The molecule has 0 unspecified atom stereocenters. The Labute approximate surface area is 179 Å². The van der Waals surface area contributed by atoms with E-state index in [0.717, 1.165) is 12.8 Å². The summed E-state index contributed by atoms with van der Waals surface area (Å²) in [4.78, 5) is 23.4. The van der Waals surface area contributed by atoms with Gasteiger partial charge in [0.15, 0.2) is 0 Å². The molecule has 0 aliphatic carbocycles. The Hall–Kier alpha value is -3.19. The first-order valence-corrected chi connectivity index (χ1v) is 10.1. The molecule has 1 aliphatic heterocycles.